The van der Waals surface area contributed by atoms with Gasteiger partial charge in [0.15, 0.2) is 0 Å². The highest BCUT2D eigenvalue weighted by Crippen LogP contribution is 2.52. The zero-order valence-electron chi connectivity index (χ0n) is 11.3. The number of carboxylic acid groups (broad SMARTS) is 1. The van der Waals surface area contributed by atoms with Crippen LogP contribution in [0.15, 0.2) is 0 Å². The van der Waals surface area contributed by atoms with E-state index in [0.717, 1.165) is 19.3 Å². The van der Waals surface area contributed by atoms with E-state index < -0.39 is 5.97 Å². The van der Waals surface area contributed by atoms with Crippen LogP contribution in [0, 0.1) is 5.41 Å². The molecule has 1 aliphatic carbocycles. The number of carboxylic acids is 1. The Labute approximate surface area is 106 Å². The van der Waals surface area contributed by atoms with Gasteiger partial charge in [0.2, 0.25) is 0 Å². The Morgan fingerprint density at radius 2 is 1.53 bits per heavy atom. The van der Waals surface area contributed by atoms with Crippen LogP contribution in [0.5, 0.6) is 0 Å². The van der Waals surface area contributed by atoms with E-state index in [-0.39, 0.29) is 5.41 Å². The Morgan fingerprint density at radius 1 is 1.00 bits per heavy atom. The van der Waals surface area contributed by atoms with Gasteiger partial charge >= 0.3 is 5.97 Å². The summed E-state index contributed by atoms with van der Waals surface area (Å²) >= 11 is 0. The van der Waals surface area contributed by atoms with Gasteiger partial charge in [-0.1, -0.05) is 58.3 Å². The van der Waals surface area contributed by atoms with Crippen molar-refractivity contribution in [1.82, 2.24) is 0 Å². The molecule has 1 rings (SSSR count). The highest BCUT2D eigenvalue weighted by atomic mass is 16.4. The first-order valence-electron chi connectivity index (χ1n) is 7.40. The van der Waals surface area contributed by atoms with Gasteiger partial charge < -0.3 is 5.11 Å². The predicted molar refractivity (Wildman–Crippen MR) is 71.1 cm³/mol. The lowest BCUT2D eigenvalue weighted by atomic mass is 9.94. The molecular formula is C15H28O2. The van der Waals surface area contributed by atoms with E-state index in [9.17, 15) is 4.79 Å². The zero-order valence-corrected chi connectivity index (χ0v) is 11.3. The van der Waals surface area contributed by atoms with Gasteiger partial charge in [-0.05, 0) is 24.7 Å². The molecule has 2 nitrogen and oxygen atoms in total. The van der Waals surface area contributed by atoms with Crippen LogP contribution in [0.4, 0.5) is 0 Å². The Balaban J connectivity index is 1.89. The summed E-state index contributed by atoms with van der Waals surface area (Å²) in [5.41, 5.74) is 0.216. The van der Waals surface area contributed by atoms with Crippen molar-refractivity contribution in [3.05, 3.63) is 0 Å². The molecule has 0 aromatic carbocycles. The molecule has 0 atom stereocenters. The molecule has 0 aromatic heterocycles. The molecule has 0 unspecified atom stereocenters. The molecule has 0 saturated heterocycles. The van der Waals surface area contributed by atoms with Crippen molar-refractivity contribution in [3.63, 3.8) is 0 Å². The van der Waals surface area contributed by atoms with Crippen LogP contribution in [0.1, 0.15) is 84.0 Å². The van der Waals surface area contributed by atoms with Gasteiger partial charge in [0.1, 0.15) is 0 Å². The fraction of sp³-hybridized carbons (Fsp3) is 0.933. The van der Waals surface area contributed by atoms with Crippen molar-refractivity contribution in [1.29, 1.82) is 0 Å². The highest BCUT2D eigenvalue weighted by Gasteiger charge is 2.43. The standard InChI is InChI=1S/C15H28O2/c1-2-3-4-5-6-7-8-9-10-15(11-12-15)13-14(16)17/h2-13H2,1H3,(H,16,17). The molecule has 0 bridgehead atoms. The fourth-order valence-corrected chi connectivity index (χ4v) is 2.65. The van der Waals surface area contributed by atoms with Gasteiger partial charge in [0.25, 0.3) is 0 Å². The van der Waals surface area contributed by atoms with Gasteiger partial charge in [0, 0.05) is 0 Å². The summed E-state index contributed by atoms with van der Waals surface area (Å²) in [5, 5.41) is 8.81. The molecule has 0 aliphatic heterocycles. The van der Waals surface area contributed by atoms with Crippen LogP contribution >= 0.6 is 0 Å². The number of carbonyl (C=O) groups is 1. The zero-order chi connectivity index (χ0) is 12.6. The van der Waals surface area contributed by atoms with Crippen LogP contribution < -0.4 is 0 Å². The van der Waals surface area contributed by atoms with Crippen LogP contribution in [-0.2, 0) is 4.79 Å². The maximum atomic E-state index is 10.7. The van der Waals surface area contributed by atoms with Gasteiger partial charge in [-0.25, -0.2) is 0 Å². The second-order valence-electron chi connectivity index (χ2n) is 5.80. The molecule has 0 spiro atoms. The average Bonchev–Trinajstić information content (AvgIpc) is 3.01. The van der Waals surface area contributed by atoms with E-state index in [4.69, 9.17) is 5.11 Å². The third-order valence-electron chi connectivity index (χ3n) is 4.04. The average molecular weight is 240 g/mol. The Hall–Kier alpha value is -0.530. The SMILES string of the molecule is CCCCCCCCCCC1(CC(=O)O)CC1. The van der Waals surface area contributed by atoms with E-state index in [1.54, 1.807) is 0 Å². The summed E-state index contributed by atoms with van der Waals surface area (Å²) in [6.07, 6.45) is 14.6. The molecule has 1 fully saturated rings. The van der Waals surface area contributed by atoms with Crippen LogP contribution in [0.2, 0.25) is 0 Å². The molecule has 1 N–H and O–H groups in total. The van der Waals surface area contributed by atoms with Crippen molar-refractivity contribution < 1.29 is 9.90 Å². The first-order chi connectivity index (χ1) is 8.18. The number of hydrogen-bond acceptors (Lipinski definition) is 1. The van der Waals surface area contributed by atoms with Crippen molar-refractivity contribution in [2.24, 2.45) is 5.41 Å². The Morgan fingerprint density at radius 3 is 2.00 bits per heavy atom. The lowest BCUT2D eigenvalue weighted by Crippen LogP contribution is -2.08. The molecular weight excluding hydrogens is 212 g/mol. The maximum Gasteiger partial charge on any atom is 0.303 e. The van der Waals surface area contributed by atoms with Crippen molar-refractivity contribution in [2.75, 3.05) is 0 Å². The molecule has 0 aromatic rings. The molecule has 0 amide bonds. The van der Waals surface area contributed by atoms with E-state index >= 15 is 0 Å². The van der Waals surface area contributed by atoms with Crippen molar-refractivity contribution >= 4 is 5.97 Å². The van der Waals surface area contributed by atoms with Gasteiger partial charge in [0.05, 0.1) is 6.42 Å². The number of rotatable bonds is 11. The van der Waals surface area contributed by atoms with Gasteiger partial charge in [-0.3, -0.25) is 4.79 Å². The normalized spacial score (nSPS) is 17.0. The minimum absolute atomic E-state index is 0.216. The van der Waals surface area contributed by atoms with Crippen LogP contribution in [0.25, 0.3) is 0 Å². The highest BCUT2D eigenvalue weighted by molar-refractivity contribution is 5.68. The summed E-state index contributed by atoms with van der Waals surface area (Å²) in [5.74, 6) is -0.609. The first kappa shape index (κ1) is 14.5. The largest absolute Gasteiger partial charge is 0.481 e. The second-order valence-corrected chi connectivity index (χ2v) is 5.80. The Kier molecular flexibility index (Phi) is 6.61. The van der Waals surface area contributed by atoms with Gasteiger partial charge in [-0.15, -0.1) is 0 Å². The number of aliphatic carboxylic acids is 1. The lowest BCUT2D eigenvalue weighted by molar-refractivity contribution is -0.138. The summed E-state index contributed by atoms with van der Waals surface area (Å²) < 4.78 is 0. The number of unbranched alkanes of at least 4 members (excludes halogenated alkanes) is 7. The third kappa shape index (κ3) is 6.70. The van der Waals surface area contributed by atoms with E-state index in [0.29, 0.717) is 6.42 Å². The lowest BCUT2D eigenvalue weighted by Gasteiger charge is -2.11. The molecule has 1 saturated carbocycles. The molecule has 2 heteroatoms. The quantitative estimate of drug-likeness (QED) is 0.528. The minimum atomic E-state index is -0.609. The Bertz CT molecular complexity index is 219. The summed E-state index contributed by atoms with van der Waals surface area (Å²) in [7, 11) is 0. The minimum Gasteiger partial charge on any atom is -0.481 e. The van der Waals surface area contributed by atoms with E-state index in [1.165, 1.54) is 51.4 Å². The van der Waals surface area contributed by atoms with Crippen molar-refractivity contribution in [2.45, 2.75) is 84.0 Å². The monoisotopic (exact) mass is 240 g/mol. The topological polar surface area (TPSA) is 37.3 Å². The molecule has 0 radical (unpaired) electrons. The summed E-state index contributed by atoms with van der Waals surface area (Å²) in [6.45, 7) is 2.25. The van der Waals surface area contributed by atoms with Crippen LogP contribution in [-0.4, -0.2) is 11.1 Å². The summed E-state index contributed by atoms with van der Waals surface area (Å²) in [6, 6.07) is 0. The predicted octanol–water partition coefficient (Wildman–Crippen LogP) is 4.77. The molecule has 17 heavy (non-hydrogen) atoms. The smallest absolute Gasteiger partial charge is 0.303 e. The summed E-state index contributed by atoms with van der Waals surface area (Å²) in [4.78, 5) is 10.7. The molecule has 100 valence electrons. The van der Waals surface area contributed by atoms with Gasteiger partial charge in [-0.2, -0.15) is 0 Å². The van der Waals surface area contributed by atoms with E-state index in [1.807, 2.05) is 0 Å². The maximum absolute atomic E-state index is 10.7. The second kappa shape index (κ2) is 7.73. The number of hydrogen-bond donors (Lipinski definition) is 1. The fourth-order valence-electron chi connectivity index (χ4n) is 2.65. The first-order valence-corrected chi connectivity index (χ1v) is 7.40. The third-order valence-corrected chi connectivity index (χ3v) is 4.04. The van der Waals surface area contributed by atoms with Crippen molar-refractivity contribution in [3.8, 4) is 0 Å². The van der Waals surface area contributed by atoms with Crippen LogP contribution in [0.3, 0.4) is 0 Å². The molecule has 1 aliphatic rings. The van der Waals surface area contributed by atoms with E-state index in [2.05, 4.69) is 6.92 Å². The molecule has 0 heterocycles.